The molecule has 2 heterocycles. The van der Waals surface area contributed by atoms with Gasteiger partial charge in [-0.25, -0.2) is 4.98 Å². The molecule has 0 aromatic carbocycles. The van der Waals surface area contributed by atoms with Crippen LogP contribution in [0.3, 0.4) is 0 Å². The molecule has 1 aliphatic heterocycles. The maximum atomic E-state index is 6.08. The summed E-state index contributed by atoms with van der Waals surface area (Å²) in [6, 6.07) is 0.339. The van der Waals surface area contributed by atoms with Crippen LogP contribution < -0.4 is 10.6 Å². The zero-order chi connectivity index (χ0) is 12.1. The number of hydrogen-bond donors (Lipinski definition) is 1. The summed E-state index contributed by atoms with van der Waals surface area (Å²) in [5, 5.41) is 3.20. The highest BCUT2D eigenvalue weighted by molar-refractivity contribution is 7.13. The zero-order valence-electron chi connectivity index (χ0n) is 10.5. The molecular weight excluding hydrogens is 232 g/mol. The number of nitrogens with zero attached hydrogens (tertiary/aromatic N) is 3. The van der Waals surface area contributed by atoms with Crippen LogP contribution in [0.2, 0.25) is 0 Å². The summed E-state index contributed by atoms with van der Waals surface area (Å²) < 4.78 is 0. The lowest BCUT2D eigenvalue weighted by molar-refractivity contribution is 0.238. The first-order valence-corrected chi connectivity index (χ1v) is 7.30. The van der Waals surface area contributed by atoms with Crippen molar-refractivity contribution in [2.45, 2.75) is 25.8 Å². The Bertz CT molecular complexity index is 306. The molecule has 1 aliphatic rings. The van der Waals surface area contributed by atoms with Gasteiger partial charge in [0.05, 0.1) is 0 Å². The van der Waals surface area contributed by atoms with Crippen molar-refractivity contribution in [2.24, 2.45) is 5.73 Å². The highest BCUT2D eigenvalue weighted by Crippen LogP contribution is 2.18. The SMILES string of the molecule is CCCC(N)CN1CCN(c2nccs2)CC1. The molecule has 0 radical (unpaired) electrons. The maximum Gasteiger partial charge on any atom is 0.185 e. The Morgan fingerprint density at radius 2 is 2.18 bits per heavy atom. The van der Waals surface area contributed by atoms with E-state index in [1.165, 1.54) is 6.42 Å². The molecule has 1 saturated heterocycles. The molecule has 0 saturated carbocycles. The van der Waals surface area contributed by atoms with Crippen LogP contribution in [0.4, 0.5) is 5.13 Å². The van der Waals surface area contributed by atoms with Crippen LogP contribution in [-0.4, -0.2) is 48.6 Å². The number of thiazole rings is 1. The largest absolute Gasteiger partial charge is 0.346 e. The Labute approximate surface area is 107 Å². The van der Waals surface area contributed by atoms with Crippen LogP contribution in [0, 0.1) is 0 Å². The average Bonchev–Trinajstić information content (AvgIpc) is 2.84. The van der Waals surface area contributed by atoms with Gasteiger partial charge in [0.25, 0.3) is 0 Å². The molecule has 1 atom stereocenters. The van der Waals surface area contributed by atoms with Gasteiger partial charge in [0.15, 0.2) is 5.13 Å². The predicted molar refractivity (Wildman–Crippen MR) is 73.7 cm³/mol. The van der Waals surface area contributed by atoms with Gasteiger partial charge in [-0.05, 0) is 6.42 Å². The Kier molecular flexibility index (Phi) is 4.76. The first-order chi connectivity index (χ1) is 8.29. The van der Waals surface area contributed by atoms with Crippen molar-refractivity contribution in [1.82, 2.24) is 9.88 Å². The van der Waals surface area contributed by atoms with Crippen molar-refractivity contribution in [3.63, 3.8) is 0 Å². The number of anilines is 1. The van der Waals surface area contributed by atoms with E-state index in [4.69, 9.17) is 5.73 Å². The molecule has 96 valence electrons. The lowest BCUT2D eigenvalue weighted by Gasteiger charge is -2.35. The Morgan fingerprint density at radius 1 is 1.41 bits per heavy atom. The van der Waals surface area contributed by atoms with Gasteiger partial charge in [-0.3, -0.25) is 4.90 Å². The number of aromatic nitrogens is 1. The van der Waals surface area contributed by atoms with Crippen LogP contribution in [0.25, 0.3) is 0 Å². The lowest BCUT2D eigenvalue weighted by Crippen LogP contribution is -2.49. The van der Waals surface area contributed by atoms with Gasteiger partial charge in [0.2, 0.25) is 0 Å². The third-order valence-electron chi connectivity index (χ3n) is 3.21. The summed E-state index contributed by atoms with van der Waals surface area (Å²) in [5.74, 6) is 0. The van der Waals surface area contributed by atoms with Crippen molar-refractivity contribution in [3.8, 4) is 0 Å². The maximum absolute atomic E-state index is 6.08. The fourth-order valence-corrected chi connectivity index (χ4v) is 2.98. The van der Waals surface area contributed by atoms with Crippen molar-refractivity contribution < 1.29 is 0 Å². The highest BCUT2D eigenvalue weighted by atomic mass is 32.1. The molecule has 17 heavy (non-hydrogen) atoms. The first kappa shape index (κ1) is 12.8. The van der Waals surface area contributed by atoms with Crippen LogP contribution in [0.5, 0.6) is 0 Å². The van der Waals surface area contributed by atoms with E-state index in [0.717, 1.165) is 44.3 Å². The second-order valence-electron chi connectivity index (χ2n) is 4.65. The highest BCUT2D eigenvalue weighted by Gasteiger charge is 2.19. The molecule has 1 aromatic rings. The van der Waals surface area contributed by atoms with E-state index >= 15 is 0 Å². The predicted octanol–water partition coefficient (Wildman–Crippen LogP) is 1.39. The fraction of sp³-hybridized carbons (Fsp3) is 0.750. The van der Waals surface area contributed by atoms with Gasteiger partial charge in [-0.15, -0.1) is 11.3 Å². The summed E-state index contributed by atoms with van der Waals surface area (Å²) >= 11 is 1.72. The monoisotopic (exact) mass is 254 g/mol. The molecule has 0 bridgehead atoms. The molecule has 0 aliphatic carbocycles. The Balaban J connectivity index is 1.74. The van der Waals surface area contributed by atoms with E-state index < -0.39 is 0 Å². The first-order valence-electron chi connectivity index (χ1n) is 6.42. The summed E-state index contributed by atoms with van der Waals surface area (Å²) in [7, 11) is 0. The molecule has 0 spiro atoms. The Hall–Kier alpha value is -0.650. The standard InChI is InChI=1S/C12H22N4S/c1-2-3-11(13)10-15-5-7-16(8-6-15)12-14-4-9-17-12/h4,9,11H,2-3,5-8,10,13H2,1H3. The van der Waals surface area contributed by atoms with Crippen LogP contribution in [0.15, 0.2) is 11.6 Å². The van der Waals surface area contributed by atoms with Gasteiger partial charge in [-0.1, -0.05) is 13.3 Å². The lowest BCUT2D eigenvalue weighted by atomic mass is 10.1. The quantitative estimate of drug-likeness (QED) is 0.862. The third-order valence-corrected chi connectivity index (χ3v) is 4.05. The summed E-state index contributed by atoms with van der Waals surface area (Å²) in [6.07, 6.45) is 4.19. The fourth-order valence-electron chi connectivity index (χ4n) is 2.29. The van der Waals surface area contributed by atoms with E-state index in [-0.39, 0.29) is 0 Å². The number of nitrogens with two attached hydrogens (primary N) is 1. The average molecular weight is 254 g/mol. The summed E-state index contributed by atoms with van der Waals surface area (Å²) in [6.45, 7) is 7.60. The minimum atomic E-state index is 0.339. The second kappa shape index (κ2) is 6.33. The molecule has 1 aromatic heterocycles. The normalized spacial score (nSPS) is 19.5. The van der Waals surface area contributed by atoms with E-state index in [1.807, 2.05) is 11.6 Å². The van der Waals surface area contributed by atoms with Crippen molar-refractivity contribution >= 4 is 16.5 Å². The molecule has 1 unspecified atom stereocenters. The molecule has 0 amide bonds. The molecule has 2 rings (SSSR count). The minimum Gasteiger partial charge on any atom is -0.346 e. The summed E-state index contributed by atoms with van der Waals surface area (Å²) in [4.78, 5) is 9.20. The third kappa shape index (κ3) is 3.66. The van der Waals surface area contributed by atoms with Crippen molar-refractivity contribution in [1.29, 1.82) is 0 Å². The Morgan fingerprint density at radius 3 is 2.76 bits per heavy atom. The molecule has 4 nitrogen and oxygen atoms in total. The van der Waals surface area contributed by atoms with Crippen LogP contribution in [0.1, 0.15) is 19.8 Å². The van der Waals surface area contributed by atoms with Gasteiger partial charge in [0, 0.05) is 50.3 Å². The topological polar surface area (TPSA) is 45.4 Å². The zero-order valence-corrected chi connectivity index (χ0v) is 11.3. The number of piperazine rings is 1. The number of rotatable bonds is 5. The smallest absolute Gasteiger partial charge is 0.185 e. The van der Waals surface area contributed by atoms with Crippen molar-refractivity contribution in [3.05, 3.63) is 11.6 Å². The summed E-state index contributed by atoms with van der Waals surface area (Å²) in [5.41, 5.74) is 6.08. The van der Waals surface area contributed by atoms with Gasteiger partial charge >= 0.3 is 0 Å². The molecular formula is C12H22N4S. The van der Waals surface area contributed by atoms with Gasteiger partial charge in [-0.2, -0.15) is 0 Å². The van der Waals surface area contributed by atoms with Crippen molar-refractivity contribution in [2.75, 3.05) is 37.6 Å². The minimum absolute atomic E-state index is 0.339. The van der Waals surface area contributed by atoms with Gasteiger partial charge < -0.3 is 10.6 Å². The van der Waals surface area contributed by atoms with Crippen LogP contribution >= 0.6 is 11.3 Å². The molecule has 1 fully saturated rings. The molecule has 5 heteroatoms. The second-order valence-corrected chi connectivity index (χ2v) is 5.52. The van der Waals surface area contributed by atoms with E-state index in [0.29, 0.717) is 6.04 Å². The van der Waals surface area contributed by atoms with E-state index in [2.05, 4.69) is 21.7 Å². The van der Waals surface area contributed by atoms with Gasteiger partial charge in [0.1, 0.15) is 0 Å². The van der Waals surface area contributed by atoms with E-state index in [9.17, 15) is 0 Å². The number of hydrogen-bond acceptors (Lipinski definition) is 5. The van der Waals surface area contributed by atoms with E-state index in [1.54, 1.807) is 11.3 Å². The van der Waals surface area contributed by atoms with Crippen LogP contribution in [-0.2, 0) is 0 Å². The molecule has 2 N–H and O–H groups in total.